The summed E-state index contributed by atoms with van der Waals surface area (Å²) >= 11 is 0. The fourth-order valence-corrected chi connectivity index (χ4v) is 0.761. The molecule has 2 N–H and O–H groups in total. The van der Waals surface area contributed by atoms with Gasteiger partial charge in [0, 0.05) is 19.8 Å². The summed E-state index contributed by atoms with van der Waals surface area (Å²) in [4.78, 5) is 10.5. The van der Waals surface area contributed by atoms with E-state index in [0.29, 0.717) is 13.1 Å². The SMILES string of the molecule is CC/C=C\N(C)N(C=O)CCN. The third-order valence-corrected chi connectivity index (χ3v) is 1.44. The summed E-state index contributed by atoms with van der Waals surface area (Å²) in [5.41, 5.74) is 5.32. The first-order valence-electron chi connectivity index (χ1n) is 4.07. The molecule has 0 unspecified atom stereocenters. The van der Waals surface area contributed by atoms with Crippen LogP contribution in [0.15, 0.2) is 12.3 Å². The van der Waals surface area contributed by atoms with Gasteiger partial charge in [-0.2, -0.15) is 0 Å². The molecule has 70 valence electrons. The van der Waals surface area contributed by atoms with Crippen molar-refractivity contribution in [3.8, 4) is 0 Å². The van der Waals surface area contributed by atoms with E-state index in [1.807, 2.05) is 26.2 Å². The molecule has 0 bridgehead atoms. The number of nitrogens with zero attached hydrogens (tertiary/aromatic N) is 2. The second-order valence-corrected chi connectivity index (χ2v) is 2.42. The van der Waals surface area contributed by atoms with Crippen LogP contribution in [0.3, 0.4) is 0 Å². The first-order chi connectivity index (χ1) is 5.76. The molecular formula is C8H17N3O. The number of hydrogen-bond donors (Lipinski definition) is 1. The van der Waals surface area contributed by atoms with E-state index < -0.39 is 0 Å². The van der Waals surface area contributed by atoms with E-state index in [4.69, 9.17) is 5.73 Å². The monoisotopic (exact) mass is 171 g/mol. The van der Waals surface area contributed by atoms with Crippen LogP contribution < -0.4 is 5.73 Å². The van der Waals surface area contributed by atoms with Gasteiger partial charge in [-0.1, -0.05) is 13.0 Å². The maximum atomic E-state index is 10.5. The number of hydrogen-bond acceptors (Lipinski definition) is 3. The molecule has 0 aromatic heterocycles. The van der Waals surface area contributed by atoms with Crippen molar-refractivity contribution in [1.29, 1.82) is 0 Å². The van der Waals surface area contributed by atoms with Crippen molar-refractivity contribution in [1.82, 2.24) is 10.0 Å². The van der Waals surface area contributed by atoms with Crippen LogP contribution in [0, 0.1) is 0 Å². The van der Waals surface area contributed by atoms with Crippen LogP contribution in [0.4, 0.5) is 0 Å². The van der Waals surface area contributed by atoms with E-state index in [9.17, 15) is 4.79 Å². The molecule has 0 fully saturated rings. The fraction of sp³-hybridized carbons (Fsp3) is 0.625. The van der Waals surface area contributed by atoms with Crippen molar-refractivity contribution < 1.29 is 4.79 Å². The number of amides is 1. The van der Waals surface area contributed by atoms with Gasteiger partial charge >= 0.3 is 0 Å². The first kappa shape index (κ1) is 11.0. The Morgan fingerprint density at radius 2 is 2.17 bits per heavy atom. The zero-order valence-electron chi connectivity index (χ0n) is 7.73. The lowest BCUT2D eigenvalue weighted by Crippen LogP contribution is -2.38. The number of carbonyl (C=O) groups excluding carboxylic acids is 1. The van der Waals surface area contributed by atoms with Gasteiger partial charge in [-0.25, -0.2) is 0 Å². The highest BCUT2D eigenvalue weighted by Gasteiger charge is 2.01. The van der Waals surface area contributed by atoms with E-state index in [-0.39, 0.29) is 0 Å². The maximum absolute atomic E-state index is 10.5. The summed E-state index contributed by atoms with van der Waals surface area (Å²) in [6.45, 7) is 3.07. The number of rotatable bonds is 6. The molecule has 0 spiro atoms. The molecule has 0 saturated heterocycles. The molecule has 4 heteroatoms. The van der Waals surface area contributed by atoms with Crippen molar-refractivity contribution in [2.24, 2.45) is 5.73 Å². The summed E-state index contributed by atoms with van der Waals surface area (Å²) < 4.78 is 0. The van der Waals surface area contributed by atoms with E-state index >= 15 is 0 Å². The Morgan fingerprint density at radius 3 is 2.58 bits per heavy atom. The minimum Gasteiger partial charge on any atom is -0.329 e. The Bertz CT molecular complexity index is 147. The Hall–Kier alpha value is -1.03. The molecule has 0 atom stereocenters. The highest BCUT2D eigenvalue weighted by atomic mass is 16.1. The molecule has 0 rings (SSSR count). The van der Waals surface area contributed by atoms with Gasteiger partial charge in [0.15, 0.2) is 0 Å². The lowest BCUT2D eigenvalue weighted by Gasteiger charge is -2.26. The van der Waals surface area contributed by atoms with Crippen LogP contribution in [-0.4, -0.2) is 36.6 Å². The van der Waals surface area contributed by atoms with Gasteiger partial charge in [0.2, 0.25) is 6.41 Å². The zero-order valence-corrected chi connectivity index (χ0v) is 7.73. The van der Waals surface area contributed by atoms with Crippen LogP contribution in [0.1, 0.15) is 13.3 Å². The predicted octanol–water partition coefficient (Wildman–Crippen LogP) is 0.174. The van der Waals surface area contributed by atoms with E-state index in [1.54, 1.807) is 5.01 Å². The van der Waals surface area contributed by atoms with E-state index in [0.717, 1.165) is 12.8 Å². The smallest absolute Gasteiger partial charge is 0.228 e. The van der Waals surface area contributed by atoms with Gasteiger partial charge in [-0.15, -0.1) is 0 Å². The maximum Gasteiger partial charge on any atom is 0.228 e. The molecule has 1 amide bonds. The second kappa shape index (κ2) is 6.67. The molecule has 0 saturated carbocycles. The standard InChI is InChI=1S/C8H17N3O/c1-3-4-6-10(2)11(8-12)7-5-9/h4,6,8H,3,5,7,9H2,1-2H3/b6-4-. The third kappa shape index (κ3) is 3.98. The molecule has 0 aromatic carbocycles. The van der Waals surface area contributed by atoms with Crippen LogP contribution in [0.5, 0.6) is 0 Å². The summed E-state index contributed by atoms with van der Waals surface area (Å²) in [7, 11) is 1.82. The van der Waals surface area contributed by atoms with Gasteiger partial charge in [0.1, 0.15) is 0 Å². The van der Waals surface area contributed by atoms with Crippen LogP contribution in [-0.2, 0) is 4.79 Å². The Labute approximate surface area is 73.6 Å². The number of allylic oxidation sites excluding steroid dienone is 1. The molecule has 0 heterocycles. The molecule has 0 aliphatic heterocycles. The van der Waals surface area contributed by atoms with Crippen LogP contribution in [0.25, 0.3) is 0 Å². The largest absolute Gasteiger partial charge is 0.329 e. The zero-order chi connectivity index (χ0) is 9.40. The summed E-state index contributed by atoms with van der Waals surface area (Å²) in [5, 5.41) is 3.25. The summed E-state index contributed by atoms with van der Waals surface area (Å²) in [5.74, 6) is 0. The highest BCUT2D eigenvalue weighted by molar-refractivity contribution is 5.46. The van der Waals surface area contributed by atoms with Gasteiger partial charge in [0.05, 0.1) is 6.54 Å². The summed E-state index contributed by atoms with van der Waals surface area (Å²) in [6.07, 6.45) is 5.56. The Morgan fingerprint density at radius 1 is 1.50 bits per heavy atom. The van der Waals surface area contributed by atoms with Crippen molar-refractivity contribution in [3.63, 3.8) is 0 Å². The molecule has 4 nitrogen and oxygen atoms in total. The summed E-state index contributed by atoms with van der Waals surface area (Å²) in [6, 6.07) is 0. The highest BCUT2D eigenvalue weighted by Crippen LogP contribution is 1.92. The topological polar surface area (TPSA) is 49.6 Å². The number of hydrazine groups is 1. The molecule has 0 aromatic rings. The average Bonchev–Trinajstić information content (AvgIpc) is 2.10. The number of nitrogens with two attached hydrogens (primary N) is 1. The minimum atomic E-state index is 0.475. The Kier molecular flexibility index (Phi) is 6.09. The number of carbonyl (C=O) groups is 1. The normalized spacial score (nSPS) is 10.2. The third-order valence-electron chi connectivity index (χ3n) is 1.44. The lowest BCUT2D eigenvalue weighted by atomic mass is 10.5. The van der Waals surface area contributed by atoms with Crippen molar-refractivity contribution in [2.75, 3.05) is 20.1 Å². The van der Waals surface area contributed by atoms with E-state index in [1.165, 1.54) is 5.01 Å². The van der Waals surface area contributed by atoms with Crippen LogP contribution in [0.2, 0.25) is 0 Å². The molecular weight excluding hydrogens is 154 g/mol. The second-order valence-electron chi connectivity index (χ2n) is 2.42. The minimum absolute atomic E-state index is 0.475. The van der Waals surface area contributed by atoms with Crippen LogP contribution >= 0.6 is 0 Å². The molecule has 0 aliphatic carbocycles. The predicted molar refractivity (Wildman–Crippen MR) is 49.0 cm³/mol. The molecule has 0 radical (unpaired) electrons. The Balaban J connectivity index is 3.92. The molecule has 12 heavy (non-hydrogen) atoms. The van der Waals surface area contributed by atoms with Crippen molar-refractivity contribution >= 4 is 6.41 Å². The van der Waals surface area contributed by atoms with Gasteiger partial charge in [-0.05, 0) is 6.42 Å². The van der Waals surface area contributed by atoms with Gasteiger partial charge in [0.25, 0.3) is 0 Å². The quantitative estimate of drug-likeness (QED) is 0.458. The van der Waals surface area contributed by atoms with Gasteiger partial charge < -0.3 is 5.73 Å². The van der Waals surface area contributed by atoms with Crippen molar-refractivity contribution in [3.05, 3.63) is 12.3 Å². The van der Waals surface area contributed by atoms with E-state index in [2.05, 4.69) is 0 Å². The molecule has 0 aliphatic rings. The van der Waals surface area contributed by atoms with Crippen molar-refractivity contribution in [2.45, 2.75) is 13.3 Å². The fourth-order valence-electron chi connectivity index (χ4n) is 0.761. The van der Waals surface area contributed by atoms with Gasteiger partial charge in [-0.3, -0.25) is 14.8 Å². The lowest BCUT2D eigenvalue weighted by molar-refractivity contribution is -0.128. The average molecular weight is 171 g/mol. The first-order valence-corrected chi connectivity index (χ1v) is 4.07.